The van der Waals surface area contributed by atoms with Crippen LogP contribution < -0.4 is 17.0 Å². The summed E-state index contributed by atoms with van der Waals surface area (Å²) in [6, 6.07) is 0.111. The Labute approximate surface area is 156 Å². The molecule has 1 unspecified atom stereocenters. The van der Waals surface area contributed by atoms with Gasteiger partial charge < -0.3 is 15.2 Å². The number of halogens is 1. The van der Waals surface area contributed by atoms with E-state index >= 15 is 0 Å². The Morgan fingerprint density at radius 3 is 2.50 bits per heavy atom. The molecule has 1 amide bonds. The van der Waals surface area contributed by atoms with Crippen molar-refractivity contribution in [2.75, 3.05) is 13.1 Å². The largest absolute Gasteiger partial charge is 0.341 e. The first-order valence-electron chi connectivity index (χ1n) is 8.45. The number of imidazole rings is 1. The van der Waals surface area contributed by atoms with Crippen LogP contribution in [0, 0.1) is 5.92 Å². The van der Waals surface area contributed by atoms with Crippen LogP contribution in [0.5, 0.6) is 0 Å². The number of hydrogen-bond donors (Lipinski definition) is 1. The average molecular weight is 385 g/mol. The normalized spacial score (nSPS) is 16.5. The van der Waals surface area contributed by atoms with Crippen LogP contribution in [0.15, 0.2) is 15.9 Å². The van der Waals surface area contributed by atoms with Crippen LogP contribution in [0.1, 0.15) is 19.8 Å². The Hall–Kier alpha value is -2.13. The molecule has 0 radical (unpaired) electrons. The quantitative estimate of drug-likeness (QED) is 0.763. The lowest BCUT2D eigenvalue weighted by Crippen LogP contribution is -2.47. The zero-order valence-corrected chi connectivity index (χ0v) is 16.0. The second-order valence-electron chi connectivity index (χ2n) is 6.84. The van der Waals surface area contributed by atoms with E-state index < -0.39 is 11.2 Å². The molecule has 1 aliphatic rings. The zero-order chi connectivity index (χ0) is 18.3. The highest BCUT2D eigenvalue weighted by Crippen LogP contribution is 2.19. The van der Waals surface area contributed by atoms with Crippen LogP contribution in [-0.2, 0) is 25.4 Å². The lowest BCUT2D eigenvalue weighted by atomic mass is 9.91. The molecule has 3 heterocycles. The van der Waals surface area contributed by atoms with Crippen LogP contribution in [0.4, 0.5) is 0 Å². The van der Waals surface area contributed by atoms with Crippen LogP contribution in [-0.4, -0.2) is 48.6 Å². The van der Waals surface area contributed by atoms with E-state index in [1.807, 2.05) is 6.92 Å². The summed E-state index contributed by atoms with van der Waals surface area (Å²) < 4.78 is 3.85. The summed E-state index contributed by atoms with van der Waals surface area (Å²) in [5, 5.41) is 0. The Morgan fingerprint density at radius 1 is 1.31 bits per heavy atom. The maximum Gasteiger partial charge on any atom is 0.332 e. The lowest BCUT2D eigenvalue weighted by Gasteiger charge is -2.33. The first-order chi connectivity index (χ1) is 11.8. The van der Waals surface area contributed by atoms with E-state index in [4.69, 9.17) is 5.73 Å². The summed E-state index contributed by atoms with van der Waals surface area (Å²) in [5.74, 6) is 0.189. The van der Waals surface area contributed by atoms with E-state index in [-0.39, 0.29) is 30.9 Å². The summed E-state index contributed by atoms with van der Waals surface area (Å²) >= 11 is 0. The highest BCUT2D eigenvalue weighted by molar-refractivity contribution is 5.85. The highest BCUT2D eigenvalue weighted by Gasteiger charge is 2.26. The van der Waals surface area contributed by atoms with Crippen molar-refractivity contribution in [1.82, 2.24) is 23.6 Å². The number of carbonyl (C=O) groups excluding carboxylic acids is 1. The molecule has 1 atom stereocenters. The van der Waals surface area contributed by atoms with Gasteiger partial charge in [-0.05, 0) is 25.7 Å². The van der Waals surface area contributed by atoms with Gasteiger partial charge in [0, 0.05) is 33.2 Å². The van der Waals surface area contributed by atoms with Crippen molar-refractivity contribution in [3.8, 4) is 0 Å². The van der Waals surface area contributed by atoms with E-state index in [0.29, 0.717) is 30.2 Å². The predicted octanol–water partition coefficient (Wildman–Crippen LogP) is -0.559. The zero-order valence-electron chi connectivity index (χ0n) is 15.2. The Balaban J connectivity index is 0.00000243. The first kappa shape index (κ1) is 20.2. The van der Waals surface area contributed by atoms with Gasteiger partial charge in [-0.2, -0.15) is 0 Å². The molecule has 0 saturated carbocycles. The standard InChI is InChI=1S/C16H24N6O3.ClH/c1-10(17)11-4-6-21(7-5-11)12(23)8-22-15(24)13-14(18-9-19(13)2)20(3)16(22)25;/h9-11H,4-8,17H2,1-3H3;1H. The van der Waals surface area contributed by atoms with Gasteiger partial charge in [0.15, 0.2) is 11.2 Å². The van der Waals surface area contributed by atoms with E-state index in [2.05, 4.69) is 4.98 Å². The number of rotatable bonds is 3. The molecular weight excluding hydrogens is 360 g/mol. The van der Waals surface area contributed by atoms with Crippen molar-refractivity contribution in [3.63, 3.8) is 0 Å². The van der Waals surface area contributed by atoms with Crippen molar-refractivity contribution in [2.24, 2.45) is 25.7 Å². The third-order valence-electron chi connectivity index (χ3n) is 5.13. The molecule has 2 aromatic heterocycles. The van der Waals surface area contributed by atoms with Crippen LogP contribution >= 0.6 is 12.4 Å². The first-order valence-corrected chi connectivity index (χ1v) is 8.45. The Kier molecular flexibility index (Phi) is 5.92. The van der Waals surface area contributed by atoms with Gasteiger partial charge in [-0.25, -0.2) is 14.3 Å². The van der Waals surface area contributed by atoms with E-state index in [1.54, 1.807) is 23.6 Å². The molecule has 0 bridgehead atoms. The molecule has 1 fully saturated rings. The third kappa shape index (κ3) is 3.41. The second-order valence-corrected chi connectivity index (χ2v) is 6.84. The summed E-state index contributed by atoms with van der Waals surface area (Å²) in [5.41, 5.74) is 5.53. The Bertz CT molecular complexity index is 920. The van der Waals surface area contributed by atoms with E-state index in [0.717, 1.165) is 17.4 Å². The summed E-state index contributed by atoms with van der Waals surface area (Å²) in [6.07, 6.45) is 3.17. The molecule has 2 N–H and O–H groups in total. The highest BCUT2D eigenvalue weighted by atomic mass is 35.5. The monoisotopic (exact) mass is 384 g/mol. The Morgan fingerprint density at radius 2 is 1.92 bits per heavy atom. The fourth-order valence-electron chi connectivity index (χ4n) is 3.45. The number of likely N-dealkylation sites (tertiary alicyclic amines) is 1. The minimum Gasteiger partial charge on any atom is -0.341 e. The average Bonchev–Trinajstić information content (AvgIpc) is 2.98. The number of fused-ring (bicyclic) bond motifs is 1. The molecule has 1 saturated heterocycles. The molecular formula is C16H25ClN6O3. The summed E-state index contributed by atoms with van der Waals surface area (Å²) in [7, 11) is 3.23. The number of aryl methyl sites for hydroxylation is 2. The predicted molar refractivity (Wildman–Crippen MR) is 100 cm³/mol. The number of hydrogen-bond acceptors (Lipinski definition) is 5. The van der Waals surface area contributed by atoms with Gasteiger partial charge in [-0.1, -0.05) is 0 Å². The lowest BCUT2D eigenvalue weighted by molar-refractivity contribution is -0.133. The number of amides is 1. The molecule has 144 valence electrons. The van der Waals surface area contributed by atoms with Crippen molar-refractivity contribution in [2.45, 2.75) is 32.4 Å². The number of nitrogens with zero attached hydrogens (tertiary/aromatic N) is 5. The molecule has 10 heteroatoms. The van der Waals surface area contributed by atoms with Gasteiger partial charge >= 0.3 is 5.69 Å². The number of carbonyl (C=O) groups is 1. The van der Waals surface area contributed by atoms with Crippen molar-refractivity contribution >= 4 is 29.5 Å². The van der Waals surface area contributed by atoms with Gasteiger partial charge in [0.05, 0.1) is 6.33 Å². The summed E-state index contributed by atoms with van der Waals surface area (Å²) in [4.78, 5) is 43.5. The maximum absolute atomic E-state index is 12.6. The number of piperidine rings is 1. The van der Waals surface area contributed by atoms with Crippen molar-refractivity contribution < 1.29 is 4.79 Å². The number of nitrogens with two attached hydrogens (primary N) is 1. The van der Waals surface area contributed by atoms with Gasteiger partial charge in [-0.15, -0.1) is 12.4 Å². The molecule has 26 heavy (non-hydrogen) atoms. The van der Waals surface area contributed by atoms with E-state index in [1.165, 1.54) is 10.9 Å². The summed E-state index contributed by atoms with van der Waals surface area (Å²) in [6.45, 7) is 2.94. The molecule has 1 aliphatic heterocycles. The van der Waals surface area contributed by atoms with Crippen LogP contribution in [0.3, 0.4) is 0 Å². The van der Waals surface area contributed by atoms with Crippen LogP contribution in [0.2, 0.25) is 0 Å². The molecule has 0 spiro atoms. The van der Waals surface area contributed by atoms with Crippen molar-refractivity contribution in [1.29, 1.82) is 0 Å². The van der Waals surface area contributed by atoms with Crippen LogP contribution in [0.25, 0.3) is 11.2 Å². The fourth-order valence-corrected chi connectivity index (χ4v) is 3.45. The molecule has 0 aromatic carbocycles. The van der Waals surface area contributed by atoms with Gasteiger partial charge in [0.25, 0.3) is 5.56 Å². The van der Waals surface area contributed by atoms with E-state index in [9.17, 15) is 14.4 Å². The minimum absolute atomic E-state index is 0. The third-order valence-corrected chi connectivity index (χ3v) is 5.13. The maximum atomic E-state index is 12.6. The fraction of sp³-hybridized carbons (Fsp3) is 0.625. The van der Waals surface area contributed by atoms with Gasteiger partial charge in [0.1, 0.15) is 6.54 Å². The SMILES string of the molecule is CC(N)C1CCN(C(=O)Cn2c(=O)c3c(ncn3C)n(C)c2=O)CC1.Cl. The smallest absolute Gasteiger partial charge is 0.332 e. The van der Waals surface area contributed by atoms with Gasteiger partial charge in [0.2, 0.25) is 5.91 Å². The molecule has 3 rings (SSSR count). The minimum atomic E-state index is -0.532. The van der Waals surface area contributed by atoms with Crippen molar-refractivity contribution in [3.05, 3.63) is 27.2 Å². The second kappa shape index (κ2) is 7.63. The number of aromatic nitrogens is 4. The molecule has 2 aromatic rings. The topological polar surface area (TPSA) is 108 Å². The molecule has 0 aliphatic carbocycles. The molecule has 9 nitrogen and oxygen atoms in total. The van der Waals surface area contributed by atoms with Gasteiger partial charge in [-0.3, -0.25) is 14.2 Å².